The van der Waals surface area contributed by atoms with Gasteiger partial charge >= 0.3 is 6.18 Å². The van der Waals surface area contributed by atoms with E-state index in [1.165, 1.54) is 29.5 Å². The molecule has 0 spiro atoms. The average Bonchev–Trinajstić information content (AvgIpc) is 3.49. The molecule has 0 saturated heterocycles. The molecular weight excluding hydrogens is 501 g/mol. The highest BCUT2D eigenvalue weighted by Gasteiger charge is 2.33. The molecule has 0 fully saturated rings. The lowest BCUT2D eigenvalue weighted by Gasteiger charge is -2.24. The van der Waals surface area contributed by atoms with Crippen molar-refractivity contribution in [2.24, 2.45) is 0 Å². The van der Waals surface area contributed by atoms with Crippen molar-refractivity contribution < 1.29 is 18.0 Å². The highest BCUT2D eigenvalue weighted by atomic mass is 32.1. The number of benzene rings is 3. The molecule has 5 rings (SSSR count). The minimum Gasteiger partial charge on any atom is -0.371 e. The molecule has 5 aromatic rings. The summed E-state index contributed by atoms with van der Waals surface area (Å²) in [4.78, 5) is 27.2. The molecule has 2 heterocycles. The second kappa shape index (κ2) is 9.74. The van der Waals surface area contributed by atoms with Crippen molar-refractivity contribution in [1.29, 1.82) is 0 Å². The second-order valence-corrected chi connectivity index (χ2v) is 9.19. The molecule has 0 aliphatic carbocycles. The highest BCUT2D eigenvalue weighted by molar-refractivity contribution is 7.16. The standard InChI is InChI=1S/C26H23F3N6OS/c1-3-35(4-2)22-13-21-20(33-25(34-21)32-18-8-6-5-7-17(18)26(27,28)29)12-16(22)24(36)31-15-9-10-19-23(11-15)37-14-30-19/h5-14H,3-4H2,1-2H3,(H,31,36)(H2,32,33,34). The number of H-pyrrole nitrogens is 1. The number of imidazole rings is 1. The zero-order valence-electron chi connectivity index (χ0n) is 20.0. The Hall–Kier alpha value is -4.12. The number of thiazole rings is 1. The number of fused-ring (bicyclic) bond motifs is 2. The predicted molar refractivity (Wildman–Crippen MR) is 142 cm³/mol. The molecule has 0 aliphatic heterocycles. The molecule has 0 atom stereocenters. The molecule has 3 aromatic carbocycles. The van der Waals surface area contributed by atoms with Crippen LogP contribution in [0.15, 0.2) is 60.1 Å². The van der Waals surface area contributed by atoms with Crippen LogP contribution in [-0.4, -0.2) is 33.9 Å². The van der Waals surface area contributed by atoms with Gasteiger partial charge in [0.15, 0.2) is 0 Å². The summed E-state index contributed by atoms with van der Waals surface area (Å²) in [5, 5.41) is 5.70. The van der Waals surface area contributed by atoms with Crippen LogP contribution < -0.4 is 15.5 Å². The number of halogens is 3. The van der Waals surface area contributed by atoms with E-state index < -0.39 is 11.7 Å². The van der Waals surface area contributed by atoms with Gasteiger partial charge in [-0.3, -0.25) is 4.79 Å². The summed E-state index contributed by atoms with van der Waals surface area (Å²) in [6, 6.07) is 14.2. The first-order valence-corrected chi connectivity index (χ1v) is 12.5. The number of nitrogens with one attached hydrogen (secondary N) is 3. The van der Waals surface area contributed by atoms with Gasteiger partial charge in [-0.15, -0.1) is 11.3 Å². The van der Waals surface area contributed by atoms with Gasteiger partial charge in [0, 0.05) is 18.8 Å². The number of amides is 1. The molecule has 190 valence electrons. The van der Waals surface area contributed by atoms with E-state index in [4.69, 9.17) is 0 Å². The van der Waals surface area contributed by atoms with E-state index >= 15 is 0 Å². The van der Waals surface area contributed by atoms with E-state index in [0.29, 0.717) is 41.1 Å². The first kappa shape index (κ1) is 24.6. The maximum Gasteiger partial charge on any atom is 0.418 e. The molecule has 0 radical (unpaired) electrons. The number of alkyl halides is 3. The van der Waals surface area contributed by atoms with Crippen molar-refractivity contribution in [1.82, 2.24) is 15.0 Å². The number of carbonyl (C=O) groups excluding carboxylic acids is 1. The van der Waals surface area contributed by atoms with Gasteiger partial charge < -0.3 is 20.5 Å². The minimum atomic E-state index is -4.51. The number of aromatic amines is 1. The van der Waals surface area contributed by atoms with Crippen LogP contribution in [0.5, 0.6) is 0 Å². The fourth-order valence-electron chi connectivity index (χ4n) is 4.21. The van der Waals surface area contributed by atoms with E-state index in [1.807, 2.05) is 30.9 Å². The van der Waals surface area contributed by atoms with Crippen LogP contribution in [0.3, 0.4) is 0 Å². The third kappa shape index (κ3) is 4.94. The smallest absolute Gasteiger partial charge is 0.371 e. The van der Waals surface area contributed by atoms with E-state index in [9.17, 15) is 18.0 Å². The first-order chi connectivity index (χ1) is 17.8. The first-order valence-electron chi connectivity index (χ1n) is 11.6. The maximum absolute atomic E-state index is 13.4. The maximum atomic E-state index is 13.4. The number of nitrogens with zero attached hydrogens (tertiary/aromatic N) is 3. The zero-order valence-corrected chi connectivity index (χ0v) is 20.8. The Bertz CT molecular complexity index is 1590. The molecule has 1 amide bonds. The van der Waals surface area contributed by atoms with E-state index in [0.717, 1.165) is 16.3 Å². The lowest BCUT2D eigenvalue weighted by Crippen LogP contribution is -2.25. The molecule has 0 saturated carbocycles. The number of aromatic nitrogens is 3. The number of para-hydroxylation sites is 1. The van der Waals surface area contributed by atoms with E-state index in [1.54, 1.807) is 23.7 Å². The molecule has 3 N–H and O–H groups in total. The largest absolute Gasteiger partial charge is 0.418 e. The number of hydrogen-bond acceptors (Lipinski definition) is 6. The van der Waals surface area contributed by atoms with Crippen molar-refractivity contribution in [3.05, 3.63) is 71.2 Å². The van der Waals surface area contributed by atoms with Gasteiger partial charge in [0.05, 0.1) is 49.3 Å². The SMILES string of the molecule is CCN(CC)c1cc2[nH]c(Nc3ccccc3C(F)(F)F)nc2cc1C(=O)Nc1ccc2ncsc2c1. The van der Waals surface area contributed by atoms with Crippen LogP contribution in [0, 0.1) is 0 Å². The van der Waals surface area contributed by atoms with Gasteiger partial charge in [-0.05, 0) is 56.3 Å². The summed E-state index contributed by atoms with van der Waals surface area (Å²) in [7, 11) is 0. The minimum absolute atomic E-state index is 0.116. The van der Waals surface area contributed by atoms with Crippen LogP contribution in [0.25, 0.3) is 21.3 Å². The summed E-state index contributed by atoms with van der Waals surface area (Å²) in [6.07, 6.45) is -4.51. The van der Waals surface area contributed by atoms with Crippen LogP contribution in [0.1, 0.15) is 29.8 Å². The van der Waals surface area contributed by atoms with Crippen molar-refractivity contribution in [3.63, 3.8) is 0 Å². The number of carbonyl (C=O) groups is 1. The zero-order chi connectivity index (χ0) is 26.2. The van der Waals surface area contributed by atoms with Gasteiger partial charge in [-0.25, -0.2) is 9.97 Å². The quantitative estimate of drug-likeness (QED) is 0.213. The van der Waals surface area contributed by atoms with Gasteiger partial charge in [0.25, 0.3) is 5.91 Å². The predicted octanol–water partition coefficient (Wildman–Crippen LogP) is 7.03. The summed E-state index contributed by atoms with van der Waals surface area (Å²) in [5.41, 5.74) is 4.49. The van der Waals surface area contributed by atoms with Crippen LogP contribution in [0.4, 0.5) is 36.2 Å². The number of hydrogen-bond donors (Lipinski definition) is 3. The number of rotatable bonds is 7. The third-order valence-electron chi connectivity index (χ3n) is 6.02. The van der Waals surface area contributed by atoms with Crippen molar-refractivity contribution in [3.8, 4) is 0 Å². The second-order valence-electron chi connectivity index (χ2n) is 8.30. The molecule has 0 unspecified atom stereocenters. The Balaban J connectivity index is 1.52. The van der Waals surface area contributed by atoms with Gasteiger partial charge in [-0.2, -0.15) is 13.2 Å². The topological polar surface area (TPSA) is 85.9 Å². The average molecular weight is 525 g/mol. The molecule has 0 aliphatic rings. The Morgan fingerprint density at radius 2 is 1.84 bits per heavy atom. The fraction of sp³-hybridized carbons (Fsp3) is 0.192. The Kier molecular flexibility index (Phi) is 6.46. The Morgan fingerprint density at radius 1 is 1.05 bits per heavy atom. The number of anilines is 4. The van der Waals surface area contributed by atoms with Crippen molar-refractivity contribution in [2.45, 2.75) is 20.0 Å². The highest BCUT2D eigenvalue weighted by Crippen LogP contribution is 2.36. The summed E-state index contributed by atoms with van der Waals surface area (Å²) in [6.45, 7) is 5.29. The van der Waals surface area contributed by atoms with Gasteiger partial charge in [0.2, 0.25) is 5.95 Å². The van der Waals surface area contributed by atoms with Gasteiger partial charge in [-0.1, -0.05) is 12.1 Å². The van der Waals surface area contributed by atoms with E-state index in [-0.39, 0.29) is 17.5 Å². The van der Waals surface area contributed by atoms with Crippen LogP contribution in [-0.2, 0) is 6.18 Å². The van der Waals surface area contributed by atoms with Crippen molar-refractivity contribution >= 4 is 61.5 Å². The molecule has 11 heteroatoms. The molecule has 37 heavy (non-hydrogen) atoms. The summed E-state index contributed by atoms with van der Waals surface area (Å²) < 4.78 is 41.3. The summed E-state index contributed by atoms with van der Waals surface area (Å²) >= 11 is 1.49. The Morgan fingerprint density at radius 3 is 2.59 bits per heavy atom. The van der Waals surface area contributed by atoms with Crippen molar-refractivity contribution in [2.75, 3.05) is 28.6 Å². The van der Waals surface area contributed by atoms with Gasteiger partial charge in [0.1, 0.15) is 0 Å². The normalized spacial score (nSPS) is 11.7. The molecule has 2 aromatic heterocycles. The Labute approximate surface area is 214 Å². The fourth-order valence-corrected chi connectivity index (χ4v) is 4.93. The third-order valence-corrected chi connectivity index (χ3v) is 6.81. The molecule has 0 bridgehead atoms. The lowest BCUT2D eigenvalue weighted by molar-refractivity contribution is -0.136. The lowest BCUT2D eigenvalue weighted by atomic mass is 10.1. The molecule has 7 nitrogen and oxygen atoms in total. The van der Waals surface area contributed by atoms with Crippen LogP contribution >= 0.6 is 11.3 Å². The molecular formula is C26H23F3N6OS. The van der Waals surface area contributed by atoms with E-state index in [2.05, 4.69) is 25.6 Å². The summed E-state index contributed by atoms with van der Waals surface area (Å²) in [5.74, 6) is -0.169. The monoisotopic (exact) mass is 524 g/mol. The van der Waals surface area contributed by atoms with Crippen LogP contribution in [0.2, 0.25) is 0 Å².